The SMILES string of the molecule is CN(C)CCCNC(=O)C1CCN(C(=O)Cc2cccc(F)c2)CC1. The summed E-state index contributed by atoms with van der Waals surface area (Å²) in [4.78, 5) is 28.4. The number of rotatable bonds is 7. The molecule has 0 saturated carbocycles. The number of carbonyl (C=O) groups excluding carboxylic acids is 2. The fraction of sp³-hybridized carbons (Fsp3) is 0.579. The van der Waals surface area contributed by atoms with Crippen molar-refractivity contribution in [2.45, 2.75) is 25.7 Å². The quantitative estimate of drug-likeness (QED) is 0.762. The first kappa shape index (κ1) is 19.4. The van der Waals surface area contributed by atoms with E-state index in [-0.39, 0.29) is 30.0 Å². The van der Waals surface area contributed by atoms with Gasteiger partial charge in [-0.2, -0.15) is 0 Å². The van der Waals surface area contributed by atoms with Crippen molar-refractivity contribution in [2.75, 3.05) is 40.3 Å². The maximum absolute atomic E-state index is 13.2. The Morgan fingerprint density at radius 1 is 1.28 bits per heavy atom. The predicted molar refractivity (Wildman–Crippen MR) is 95.6 cm³/mol. The summed E-state index contributed by atoms with van der Waals surface area (Å²) in [6.45, 7) is 2.82. The fourth-order valence-corrected chi connectivity index (χ4v) is 3.08. The summed E-state index contributed by atoms with van der Waals surface area (Å²) in [6.07, 6.45) is 2.52. The van der Waals surface area contributed by atoms with Crippen molar-refractivity contribution >= 4 is 11.8 Å². The molecule has 1 aromatic rings. The summed E-state index contributed by atoms with van der Waals surface area (Å²) in [6, 6.07) is 6.14. The Kier molecular flexibility index (Phi) is 7.37. The van der Waals surface area contributed by atoms with E-state index in [1.807, 2.05) is 14.1 Å². The zero-order valence-corrected chi connectivity index (χ0v) is 15.1. The molecule has 0 radical (unpaired) electrons. The second-order valence-electron chi connectivity index (χ2n) is 6.91. The average molecular weight is 349 g/mol. The van der Waals surface area contributed by atoms with Crippen molar-refractivity contribution in [2.24, 2.45) is 5.92 Å². The Bertz CT molecular complexity index is 584. The van der Waals surface area contributed by atoms with E-state index in [9.17, 15) is 14.0 Å². The molecule has 138 valence electrons. The Labute approximate surface area is 149 Å². The van der Waals surface area contributed by atoms with E-state index < -0.39 is 0 Å². The third kappa shape index (κ3) is 6.46. The number of halogens is 1. The molecule has 1 heterocycles. The first-order valence-electron chi connectivity index (χ1n) is 8.90. The largest absolute Gasteiger partial charge is 0.356 e. The molecule has 0 aliphatic carbocycles. The van der Waals surface area contributed by atoms with Gasteiger partial charge in [-0.15, -0.1) is 0 Å². The van der Waals surface area contributed by atoms with Crippen molar-refractivity contribution in [3.05, 3.63) is 35.6 Å². The molecule has 1 N–H and O–H groups in total. The van der Waals surface area contributed by atoms with Gasteiger partial charge in [-0.05, 0) is 57.6 Å². The minimum Gasteiger partial charge on any atom is -0.356 e. The molecular formula is C19H28FN3O2. The van der Waals surface area contributed by atoms with Crippen LogP contribution in [-0.4, -0.2) is 61.9 Å². The maximum Gasteiger partial charge on any atom is 0.226 e. The van der Waals surface area contributed by atoms with E-state index in [0.29, 0.717) is 38.0 Å². The lowest BCUT2D eigenvalue weighted by atomic mass is 9.95. The van der Waals surface area contributed by atoms with Gasteiger partial charge in [0.25, 0.3) is 0 Å². The van der Waals surface area contributed by atoms with E-state index in [1.54, 1.807) is 17.0 Å². The summed E-state index contributed by atoms with van der Waals surface area (Å²) in [5.74, 6) is -0.251. The third-order valence-electron chi connectivity index (χ3n) is 4.54. The molecule has 0 aromatic heterocycles. The molecule has 0 unspecified atom stereocenters. The number of nitrogens with zero attached hydrogens (tertiary/aromatic N) is 2. The van der Waals surface area contributed by atoms with Gasteiger partial charge in [-0.3, -0.25) is 9.59 Å². The minimum absolute atomic E-state index is 0.00422. The number of likely N-dealkylation sites (tertiary alicyclic amines) is 1. The Morgan fingerprint density at radius 2 is 2.00 bits per heavy atom. The van der Waals surface area contributed by atoms with Crippen LogP contribution < -0.4 is 5.32 Å². The normalized spacial score (nSPS) is 15.4. The van der Waals surface area contributed by atoms with Crippen LogP contribution >= 0.6 is 0 Å². The highest BCUT2D eigenvalue weighted by atomic mass is 19.1. The first-order chi connectivity index (χ1) is 12.0. The Balaban J connectivity index is 1.71. The van der Waals surface area contributed by atoms with Crippen LogP contribution in [0.5, 0.6) is 0 Å². The molecule has 0 spiro atoms. The van der Waals surface area contributed by atoms with Crippen LogP contribution in [0.15, 0.2) is 24.3 Å². The van der Waals surface area contributed by atoms with Gasteiger partial charge in [-0.1, -0.05) is 12.1 Å². The molecule has 1 saturated heterocycles. The second-order valence-corrected chi connectivity index (χ2v) is 6.91. The zero-order chi connectivity index (χ0) is 18.2. The van der Waals surface area contributed by atoms with Gasteiger partial charge in [0, 0.05) is 25.6 Å². The minimum atomic E-state index is -0.324. The van der Waals surface area contributed by atoms with Crippen molar-refractivity contribution in [1.82, 2.24) is 15.1 Å². The smallest absolute Gasteiger partial charge is 0.226 e. The molecular weight excluding hydrogens is 321 g/mol. The number of nitrogens with one attached hydrogen (secondary N) is 1. The molecule has 1 aromatic carbocycles. The number of piperidine rings is 1. The van der Waals surface area contributed by atoms with Crippen LogP contribution in [0, 0.1) is 11.7 Å². The summed E-state index contributed by atoms with van der Waals surface area (Å²) in [7, 11) is 4.02. The van der Waals surface area contributed by atoms with Crippen molar-refractivity contribution in [3.63, 3.8) is 0 Å². The van der Waals surface area contributed by atoms with Gasteiger partial charge in [0.1, 0.15) is 5.82 Å². The molecule has 0 bridgehead atoms. The number of amides is 2. The number of hydrogen-bond donors (Lipinski definition) is 1. The van der Waals surface area contributed by atoms with Crippen LogP contribution in [0.25, 0.3) is 0 Å². The van der Waals surface area contributed by atoms with Gasteiger partial charge in [0.05, 0.1) is 6.42 Å². The predicted octanol–water partition coefficient (Wildman–Crippen LogP) is 1.67. The molecule has 0 atom stereocenters. The van der Waals surface area contributed by atoms with Gasteiger partial charge < -0.3 is 15.1 Å². The van der Waals surface area contributed by atoms with Gasteiger partial charge in [0.2, 0.25) is 11.8 Å². The van der Waals surface area contributed by atoms with E-state index in [4.69, 9.17) is 0 Å². The highest BCUT2D eigenvalue weighted by molar-refractivity contribution is 5.81. The standard InChI is InChI=1S/C19H28FN3O2/c1-22(2)10-4-9-21-19(25)16-7-11-23(12-8-16)18(24)14-15-5-3-6-17(20)13-15/h3,5-6,13,16H,4,7-12,14H2,1-2H3,(H,21,25). The summed E-state index contributed by atoms with van der Waals surface area (Å²) in [5.41, 5.74) is 0.686. The van der Waals surface area contributed by atoms with E-state index in [0.717, 1.165) is 13.0 Å². The lowest BCUT2D eigenvalue weighted by Gasteiger charge is -2.31. The van der Waals surface area contributed by atoms with E-state index in [2.05, 4.69) is 10.2 Å². The molecule has 1 fully saturated rings. The topological polar surface area (TPSA) is 52.7 Å². The first-order valence-corrected chi connectivity index (χ1v) is 8.90. The number of hydrogen-bond acceptors (Lipinski definition) is 3. The lowest BCUT2D eigenvalue weighted by molar-refractivity contribution is -0.135. The summed E-state index contributed by atoms with van der Waals surface area (Å²) in [5, 5.41) is 2.99. The van der Waals surface area contributed by atoms with Crippen molar-refractivity contribution in [1.29, 1.82) is 0 Å². The maximum atomic E-state index is 13.2. The van der Waals surface area contributed by atoms with Gasteiger partial charge >= 0.3 is 0 Å². The molecule has 6 heteroatoms. The summed E-state index contributed by atoms with van der Waals surface area (Å²) >= 11 is 0. The van der Waals surface area contributed by atoms with Gasteiger partial charge in [0.15, 0.2) is 0 Å². The highest BCUT2D eigenvalue weighted by Gasteiger charge is 2.27. The van der Waals surface area contributed by atoms with Crippen LogP contribution in [0.2, 0.25) is 0 Å². The molecule has 1 aliphatic heterocycles. The molecule has 25 heavy (non-hydrogen) atoms. The molecule has 2 amide bonds. The van der Waals surface area contributed by atoms with Crippen LogP contribution in [0.3, 0.4) is 0 Å². The number of carbonyl (C=O) groups is 2. The monoisotopic (exact) mass is 349 g/mol. The van der Waals surface area contributed by atoms with E-state index in [1.165, 1.54) is 12.1 Å². The van der Waals surface area contributed by atoms with Gasteiger partial charge in [-0.25, -0.2) is 4.39 Å². The van der Waals surface area contributed by atoms with Crippen LogP contribution in [0.4, 0.5) is 4.39 Å². The number of benzene rings is 1. The highest BCUT2D eigenvalue weighted by Crippen LogP contribution is 2.18. The van der Waals surface area contributed by atoms with Crippen LogP contribution in [0.1, 0.15) is 24.8 Å². The second kappa shape index (κ2) is 9.51. The molecule has 2 rings (SSSR count). The fourth-order valence-electron chi connectivity index (χ4n) is 3.08. The lowest BCUT2D eigenvalue weighted by Crippen LogP contribution is -2.43. The van der Waals surface area contributed by atoms with E-state index >= 15 is 0 Å². The van der Waals surface area contributed by atoms with Crippen LogP contribution in [-0.2, 0) is 16.0 Å². The zero-order valence-electron chi connectivity index (χ0n) is 15.1. The Morgan fingerprint density at radius 3 is 2.64 bits per heavy atom. The van der Waals surface area contributed by atoms with Crippen molar-refractivity contribution in [3.8, 4) is 0 Å². The average Bonchev–Trinajstić information content (AvgIpc) is 2.58. The molecule has 1 aliphatic rings. The molecule has 5 nitrogen and oxygen atoms in total. The Hall–Kier alpha value is -1.95. The summed E-state index contributed by atoms with van der Waals surface area (Å²) < 4.78 is 13.2. The third-order valence-corrected chi connectivity index (χ3v) is 4.54. The van der Waals surface area contributed by atoms with Crippen molar-refractivity contribution < 1.29 is 14.0 Å².